The van der Waals surface area contributed by atoms with Gasteiger partial charge in [-0.25, -0.2) is 0 Å². The van der Waals surface area contributed by atoms with Crippen molar-refractivity contribution in [3.8, 4) is 0 Å². The molecular weight excluding hydrogens is 295 g/mol. The predicted octanol–water partition coefficient (Wildman–Crippen LogP) is 0.292. The first-order chi connectivity index (χ1) is 1.73. The van der Waals surface area contributed by atoms with Crippen molar-refractivity contribution < 1.29 is 0 Å². The Kier molecular flexibility index (Phi) is 10.5. The van der Waals surface area contributed by atoms with Crippen LogP contribution in [-0.2, 0) is 0 Å². The molecule has 0 unspecified atom stereocenters. The van der Waals surface area contributed by atoms with E-state index in [4.69, 9.17) is 11.1 Å². The van der Waals surface area contributed by atoms with E-state index in [1.807, 2.05) is 0 Å². The second-order valence-electron chi connectivity index (χ2n) is 1.01. The van der Waals surface area contributed by atoms with Crippen LogP contribution in [0.3, 0.4) is 0 Å². The van der Waals surface area contributed by atoms with E-state index in [-0.39, 0.29) is 27.3 Å². The van der Waals surface area contributed by atoms with Gasteiger partial charge in [0.25, 0.3) is 0 Å². The van der Waals surface area contributed by atoms with E-state index in [0.717, 1.165) is 0 Å². The Balaban J connectivity index is 0. The van der Waals surface area contributed by atoms with Crippen LogP contribution in [0.1, 0.15) is 0 Å². The van der Waals surface area contributed by atoms with Gasteiger partial charge in [0.05, 0.1) is 0 Å². The van der Waals surface area contributed by atoms with Gasteiger partial charge in [-0.1, -0.05) is 13.1 Å². The zero-order valence-corrected chi connectivity index (χ0v) is 11.1. The average Bonchev–Trinajstić information content (AvgIpc) is 0.811. The SMILES string of the molecule is C[SiH](C)Cl.[PbH2]. The van der Waals surface area contributed by atoms with Gasteiger partial charge in [0.15, 0.2) is 0 Å². The van der Waals surface area contributed by atoms with Crippen molar-refractivity contribution in [1.82, 2.24) is 0 Å². The molecule has 0 amide bonds. The van der Waals surface area contributed by atoms with E-state index in [1.54, 1.807) is 0 Å². The zero-order valence-electron chi connectivity index (χ0n) is 3.66. The minimum absolute atomic E-state index is 0. The van der Waals surface area contributed by atoms with Gasteiger partial charge < -0.3 is 0 Å². The number of hydrogen-bond donors (Lipinski definition) is 0. The summed E-state index contributed by atoms with van der Waals surface area (Å²) in [5.74, 6) is 0. The minimum atomic E-state index is -0.667. The van der Waals surface area contributed by atoms with Gasteiger partial charge >= 0.3 is 27.3 Å². The fourth-order valence-corrected chi connectivity index (χ4v) is 0. The standard InChI is InChI=1S/C2H7ClSi.Pb.2H/c1-4(2)3;;;/h4H,1-2H3;;;. The summed E-state index contributed by atoms with van der Waals surface area (Å²) >= 11 is 5.41. The van der Waals surface area contributed by atoms with Gasteiger partial charge in [0.1, 0.15) is 8.11 Å². The Labute approximate surface area is 59.4 Å². The van der Waals surface area contributed by atoms with E-state index in [1.165, 1.54) is 0 Å². The van der Waals surface area contributed by atoms with E-state index in [9.17, 15) is 0 Å². The van der Waals surface area contributed by atoms with Crippen LogP contribution in [0.2, 0.25) is 13.1 Å². The molecule has 0 bridgehead atoms. The predicted molar refractivity (Wildman–Crippen MR) is 33.3 cm³/mol. The maximum atomic E-state index is 5.41. The summed E-state index contributed by atoms with van der Waals surface area (Å²) in [6.07, 6.45) is 0. The molecule has 0 saturated carbocycles. The van der Waals surface area contributed by atoms with Crippen LogP contribution >= 0.6 is 11.1 Å². The van der Waals surface area contributed by atoms with Crippen LogP contribution < -0.4 is 0 Å². The van der Waals surface area contributed by atoms with Crippen molar-refractivity contribution in [2.45, 2.75) is 13.1 Å². The van der Waals surface area contributed by atoms with Crippen molar-refractivity contribution in [1.29, 1.82) is 0 Å². The molecule has 0 saturated heterocycles. The van der Waals surface area contributed by atoms with Gasteiger partial charge in [0, 0.05) is 0 Å². The first-order valence-electron chi connectivity index (χ1n) is 1.37. The molecule has 0 rings (SSSR count). The second-order valence-corrected chi connectivity index (χ2v) is 5.66. The number of halogens is 1. The molecule has 0 fully saturated rings. The third-order valence-electron chi connectivity index (χ3n) is 0. The van der Waals surface area contributed by atoms with Crippen molar-refractivity contribution >= 4 is 46.5 Å². The third kappa shape index (κ3) is 31.3. The van der Waals surface area contributed by atoms with E-state index in [0.29, 0.717) is 0 Å². The first-order valence-corrected chi connectivity index (χ1v) is 5.43. The fraction of sp³-hybridized carbons (Fsp3) is 1.00. The van der Waals surface area contributed by atoms with Crippen LogP contribution in [-0.4, -0.2) is 35.4 Å². The van der Waals surface area contributed by atoms with Crippen LogP contribution in [0, 0.1) is 0 Å². The summed E-state index contributed by atoms with van der Waals surface area (Å²) in [5.41, 5.74) is 0. The summed E-state index contributed by atoms with van der Waals surface area (Å²) < 4.78 is 0. The van der Waals surface area contributed by atoms with Crippen molar-refractivity contribution in [2.24, 2.45) is 0 Å². The zero-order chi connectivity index (χ0) is 3.58. The summed E-state index contributed by atoms with van der Waals surface area (Å²) in [4.78, 5) is 0. The van der Waals surface area contributed by atoms with Gasteiger partial charge in [-0.2, -0.15) is 11.1 Å². The topological polar surface area (TPSA) is 0 Å². The monoisotopic (exact) mass is 304 g/mol. The quantitative estimate of drug-likeness (QED) is 0.446. The van der Waals surface area contributed by atoms with Gasteiger partial charge in [-0.15, -0.1) is 0 Å². The molecule has 0 nitrogen and oxygen atoms in total. The summed E-state index contributed by atoms with van der Waals surface area (Å²) in [6, 6.07) is 0. The molecule has 3 heteroatoms. The van der Waals surface area contributed by atoms with Crippen molar-refractivity contribution in [3.63, 3.8) is 0 Å². The molecular formula is C2H9ClPbSi. The Morgan fingerprint density at radius 2 is 1.40 bits per heavy atom. The molecule has 0 atom stereocenters. The molecule has 0 spiro atoms. The molecule has 0 aromatic rings. The van der Waals surface area contributed by atoms with Crippen LogP contribution in [0.25, 0.3) is 0 Å². The van der Waals surface area contributed by atoms with Crippen molar-refractivity contribution in [3.05, 3.63) is 0 Å². The van der Waals surface area contributed by atoms with Crippen LogP contribution in [0.5, 0.6) is 0 Å². The Morgan fingerprint density at radius 3 is 1.40 bits per heavy atom. The third-order valence-corrected chi connectivity index (χ3v) is 0. The summed E-state index contributed by atoms with van der Waals surface area (Å²) in [5, 5.41) is 0. The maximum absolute atomic E-state index is 5.41. The Morgan fingerprint density at radius 1 is 1.40 bits per heavy atom. The van der Waals surface area contributed by atoms with Crippen LogP contribution in [0.15, 0.2) is 0 Å². The van der Waals surface area contributed by atoms with Gasteiger partial charge in [-0.3, -0.25) is 0 Å². The average molecular weight is 304 g/mol. The molecule has 0 N–H and O–H groups in total. The first kappa shape index (κ1) is 9.66. The number of hydrogen-bond acceptors (Lipinski definition) is 0. The van der Waals surface area contributed by atoms with Crippen molar-refractivity contribution in [2.75, 3.05) is 0 Å². The molecule has 0 aliphatic heterocycles. The van der Waals surface area contributed by atoms with Crippen LogP contribution in [0.4, 0.5) is 0 Å². The van der Waals surface area contributed by atoms with Gasteiger partial charge in [0.2, 0.25) is 0 Å². The molecule has 0 heterocycles. The molecule has 5 heavy (non-hydrogen) atoms. The van der Waals surface area contributed by atoms with E-state index >= 15 is 0 Å². The second kappa shape index (κ2) is 5.43. The summed E-state index contributed by atoms with van der Waals surface area (Å²) in [7, 11) is -0.667. The molecule has 32 valence electrons. The molecule has 0 aromatic heterocycles. The summed E-state index contributed by atoms with van der Waals surface area (Å²) in [6.45, 7) is 4.14. The molecule has 0 aliphatic carbocycles. The molecule has 2 radical (unpaired) electrons. The Bertz CT molecular complexity index is 14.4. The fourth-order valence-electron chi connectivity index (χ4n) is 0. The number of rotatable bonds is 0. The Hall–Kier alpha value is 1.43. The molecule has 0 aromatic carbocycles. The van der Waals surface area contributed by atoms with E-state index < -0.39 is 8.11 Å². The molecule has 0 aliphatic rings. The normalized spacial score (nSPS) is 7.20. The van der Waals surface area contributed by atoms with Gasteiger partial charge in [-0.05, 0) is 0 Å². The van der Waals surface area contributed by atoms with E-state index in [2.05, 4.69) is 13.1 Å².